The van der Waals surface area contributed by atoms with Crippen LogP contribution in [0.3, 0.4) is 0 Å². The molecule has 5 aromatic heterocycles. The number of fused-ring (bicyclic) bond motifs is 5. The third kappa shape index (κ3) is 8.29. The molecule has 0 bridgehead atoms. The van der Waals surface area contributed by atoms with Crippen LogP contribution in [0.2, 0.25) is 0 Å². The number of benzene rings is 9. The Labute approximate surface area is 455 Å². The molecule has 14 aromatic rings. The molecule has 0 saturated heterocycles. The van der Waals surface area contributed by atoms with E-state index >= 15 is 0 Å². The summed E-state index contributed by atoms with van der Waals surface area (Å²) < 4.78 is 10.2. The van der Waals surface area contributed by atoms with Gasteiger partial charge in [-0.15, -0.1) is 45.3 Å². The van der Waals surface area contributed by atoms with Crippen LogP contribution < -0.4 is 0 Å². The standard InChI is InChI=1S/C68H44N2S5/c1-41-37-57(51-27-11-19-43-15-3-7-23-47(43)51)61(71-41)33-35-63-59(53-29-13-21-45-17-5-9-25-49(45)53)39-65(73-63)55-31-32-56(68-67(55)69-75-70-68)66-40-60(54-30-14-22-46-18-6-10-26-50(46)54)64(74-66)36-34-62-58(38-42(2)72-62)52-28-12-20-44-16-4-8-24-48(44)52/h3-40H,1-2H3/b35-33+,36-34+. The van der Waals surface area contributed by atoms with Crippen molar-refractivity contribution in [3.63, 3.8) is 0 Å². The van der Waals surface area contributed by atoms with Crippen molar-refractivity contribution in [2.45, 2.75) is 13.8 Å². The first-order chi connectivity index (χ1) is 37.0. The molecule has 75 heavy (non-hydrogen) atoms. The molecule has 0 amide bonds. The summed E-state index contributed by atoms with van der Waals surface area (Å²) in [4.78, 5) is 9.82. The van der Waals surface area contributed by atoms with Gasteiger partial charge >= 0.3 is 0 Å². The third-order valence-corrected chi connectivity index (χ3v) is 19.2. The maximum absolute atomic E-state index is 5.09. The highest BCUT2D eigenvalue weighted by molar-refractivity contribution is 7.18. The molecular formula is C68H44N2S5. The summed E-state index contributed by atoms with van der Waals surface area (Å²) in [5.74, 6) is 0. The van der Waals surface area contributed by atoms with Crippen molar-refractivity contribution in [2.24, 2.45) is 0 Å². The summed E-state index contributed by atoms with van der Waals surface area (Å²) in [6.07, 6.45) is 9.35. The predicted molar refractivity (Wildman–Crippen MR) is 332 cm³/mol. The van der Waals surface area contributed by atoms with Crippen LogP contribution in [0.5, 0.6) is 0 Å². The molecule has 0 aliphatic carbocycles. The zero-order valence-electron chi connectivity index (χ0n) is 40.9. The molecule has 0 spiro atoms. The molecule has 0 aliphatic rings. The molecule has 0 saturated carbocycles. The summed E-state index contributed by atoms with van der Waals surface area (Å²) in [7, 11) is 0. The average Bonchev–Trinajstić information content (AvgIpc) is 4.34. The van der Waals surface area contributed by atoms with Crippen LogP contribution in [-0.4, -0.2) is 8.75 Å². The zero-order valence-corrected chi connectivity index (χ0v) is 45.0. The Bertz CT molecular complexity index is 4280. The van der Waals surface area contributed by atoms with Crippen LogP contribution >= 0.6 is 57.1 Å². The molecule has 7 heteroatoms. The lowest BCUT2D eigenvalue weighted by Gasteiger charge is -2.07. The molecule has 0 fully saturated rings. The Morgan fingerprint density at radius 3 is 0.920 bits per heavy atom. The van der Waals surface area contributed by atoms with Crippen molar-refractivity contribution in [3.05, 3.63) is 236 Å². The Hall–Kier alpha value is -7.88. The molecule has 2 nitrogen and oxygen atoms in total. The van der Waals surface area contributed by atoms with Gasteiger partial charge in [0.1, 0.15) is 11.0 Å². The van der Waals surface area contributed by atoms with E-state index in [0.717, 1.165) is 31.9 Å². The smallest absolute Gasteiger partial charge is 0.114 e. The largest absolute Gasteiger partial charge is 0.172 e. The molecule has 0 N–H and O–H groups in total. The normalized spacial score (nSPS) is 12.0. The second kappa shape index (κ2) is 19.1. The Balaban J connectivity index is 0.892. The van der Waals surface area contributed by atoms with Gasteiger partial charge < -0.3 is 0 Å². The number of aromatic nitrogens is 2. The quantitative estimate of drug-likeness (QED) is 0.136. The highest BCUT2D eigenvalue weighted by Crippen LogP contribution is 2.48. The first kappa shape index (κ1) is 45.7. The van der Waals surface area contributed by atoms with Gasteiger partial charge in [-0.3, -0.25) is 0 Å². The fourth-order valence-corrected chi connectivity index (χ4v) is 15.5. The molecular weight excluding hydrogens is 1010 g/mol. The van der Waals surface area contributed by atoms with Gasteiger partial charge in [-0.1, -0.05) is 182 Å². The van der Waals surface area contributed by atoms with Crippen molar-refractivity contribution in [1.82, 2.24) is 8.75 Å². The number of aryl methyl sites for hydroxylation is 2. The van der Waals surface area contributed by atoms with Gasteiger partial charge in [0.05, 0.1) is 11.7 Å². The molecule has 0 unspecified atom stereocenters. The van der Waals surface area contributed by atoms with Crippen molar-refractivity contribution >= 4 is 136 Å². The van der Waals surface area contributed by atoms with Crippen LogP contribution in [-0.2, 0) is 0 Å². The summed E-state index contributed by atoms with van der Waals surface area (Å²) in [5, 5.41) is 9.97. The lowest BCUT2D eigenvalue weighted by atomic mass is 9.96. The van der Waals surface area contributed by atoms with E-state index in [2.05, 4.69) is 244 Å². The Kier molecular flexibility index (Phi) is 11.6. The Morgan fingerprint density at radius 2 is 0.573 bits per heavy atom. The minimum atomic E-state index is 0.928. The van der Waals surface area contributed by atoms with Gasteiger partial charge in [0, 0.05) is 72.4 Å². The molecule has 5 heterocycles. The topological polar surface area (TPSA) is 25.8 Å². The highest BCUT2D eigenvalue weighted by Gasteiger charge is 2.22. The number of hydrogen-bond acceptors (Lipinski definition) is 7. The SMILES string of the molecule is Cc1cc(-c2cccc3ccccc23)c(/C=C/c2sc(-c3ccc(-c4cc(-c5cccc6ccccc56)c(/C=C/c5sc(C)cc5-c5cccc6ccccc56)s4)c4nsnc34)cc2-c2cccc3ccccc23)s1. The maximum Gasteiger partial charge on any atom is 0.114 e. The van der Waals surface area contributed by atoms with E-state index in [4.69, 9.17) is 8.75 Å². The number of rotatable bonds is 10. The van der Waals surface area contributed by atoms with E-state index in [-0.39, 0.29) is 0 Å². The molecule has 14 rings (SSSR count). The molecule has 0 atom stereocenters. The van der Waals surface area contributed by atoms with Crippen LogP contribution in [0, 0.1) is 13.8 Å². The summed E-state index contributed by atoms with van der Waals surface area (Å²) in [5.41, 5.74) is 14.0. The van der Waals surface area contributed by atoms with E-state index in [1.54, 1.807) is 0 Å². The van der Waals surface area contributed by atoms with Gasteiger partial charge in [0.15, 0.2) is 0 Å². The number of hydrogen-bond donors (Lipinski definition) is 0. The minimum absolute atomic E-state index is 0.928. The molecule has 0 radical (unpaired) electrons. The first-order valence-electron chi connectivity index (χ1n) is 25.0. The second-order valence-electron chi connectivity index (χ2n) is 18.9. The lowest BCUT2D eigenvalue weighted by Crippen LogP contribution is -1.83. The van der Waals surface area contributed by atoms with Gasteiger partial charge in [-0.25, -0.2) is 0 Å². The van der Waals surface area contributed by atoms with Crippen molar-refractivity contribution in [1.29, 1.82) is 0 Å². The van der Waals surface area contributed by atoms with E-state index in [9.17, 15) is 0 Å². The van der Waals surface area contributed by atoms with Crippen molar-refractivity contribution in [3.8, 4) is 65.4 Å². The van der Waals surface area contributed by atoms with E-state index in [1.165, 1.54) is 129 Å². The monoisotopic (exact) mass is 1050 g/mol. The van der Waals surface area contributed by atoms with Crippen molar-refractivity contribution < 1.29 is 0 Å². The van der Waals surface area contributed by atoms with Crippen LogP contribution in [0.1, 0.15) is 29.3 Å². The molecule has 9 aromatic carbocycles. The van der Waals surface area contributed by atoms with Crippen LogP contribution in [0.25, 0.3) is 144 Å². The lowest BCUT2D eigenvalue weighted by molar-refractivity contribution is 1.62. The molecule has 356 valence electrons. The summed E-state index contributed by atoms with van der Waals surface area (Å²) in [6.45, 7) is 4.43. The summed E-state index contributed by atoms with van der Waals surface area (Å²) in [6, 6.07) is 75.5. The predicted octanol–water partition coefficient (Wildman–Crippen LogP) is 21.5. The van der Waals surface area contributed by atoms with Crippen molar-refractivity contribution in [2.75, 3.05) is 0 Å². The summed E-state index contributed by atoms with van der Waals surface area (Å²) >= 11 is 8.64. The van der Waals surface area contributed by atoms with E-state index in [0.29, 0.717) is 0 Å². The fraction of sp³-hybridized carbons (Fsp3) is 0.0294. The van der Waals surface area contributed by atoms with Gasteiger partial charge in [0.2, 0.25) is 0 Å². The fourth-order valence-electron chi connectivity index (χ4n) is 10.9. The van der Waals surface area contributed by atoms with Crippen LogP contribution in [0.15, 0.2) is 206 Å². The van der Waals surface area contributed by atoms with Gasteiger partial charge in [-0.2, -0.15) is 8.75 Å². The number of nitrogens with zero attached hydrogens (tertiary/aromatic N) is 2. The van der Waals surface area contributed by atoms with E-state index in [1.807, 2.05) is 45.3 Å². The number of thiophene rings is 4. The average molecular weight is 1050 g/mol. The van der Waals surface area contributed by atoms with Gasteiger partial charge in [-0.05, 0) is 128 Å². The maximum atomic E-state index is 5.09. The molecule has 0 aliphatic heterocycles. The third-order valence-electron chi connectivity index (χ3n) is 14.3. The zero-order chi connectivity index (χ0) is 50.0. The second-order valence-corrected chi connectivity index (χ2v) is 24.2. The minimum Gasteiger partial charge on any atom is -0.172 e. The van der Waals surface area contributed by atoms with Gasteiger partial charge in [0.25, 0.3) is 0 Å². The highest BCUT2D eigenvalue weighted by atomic mass is 32.1. The van der Waals surface area contributed by atoms with E-state index < -0.39 is 0 Å². The Morgan fingerprint density at radius 1 is 0.280 bits per heavy atom. The van der Waals surface area contributed by atoms with Crippen LogP contribution in [0.4, 0.5) is 0 Å². The first-order valence-corrected chi connectivity index (χ1v) is 29.0.